The van der Waals surface area contributed by atoms with E-state index in [2.05, 4.69) is 9.59 Å². The van der Waals surface area contributed by atoms with Gasteiger partial charge in [0, 0.05) is 0 Å². The number of nitrogens with zero attached hydrogens (tertiary/aromatic N) is 1. The Morgan fingerprint density at radius 2 is 2.50 bits per heavy atom. The SMILES string of the molecule is CO[s+]1cc(Cl)[nH]n(Cl)[nH]1. The molecule has 1 aromatic rings. The highest BCUT2D eigenvalue weighted by molar-refractivity contribution is 7.19. The number of hydrogen-bond acceptors (Lipinski definition) is 1. The fourth-order valence-corrected chi connectivity index (χ4v) is 1.76. The van der Waals surface area contributed by atoms with E-state index < -0.39 is 10.9 Å². The van der Waals surface area contributed by atoms with Crippen molar-refractivity contribution >= 4 is 34.3 Å². The third-order valence-corrected chi connectivity index (χ3v) is 2.53. The molecular formula is C3H6Cl2N3OS+. The lowest BCUT2D eigenvalue weighted by atomic mass is 11.0. The lowest BCUT2D eigenvalue weighted by Gasteiger charge is -1.92. The van der Waals surface area contributed by atoms with Gasteiger partial charge in [0.2, 0.25) is 5.38 Å². The van der Waals surface area contributed by atoms with Gasteiger partial charge in [-0.3, -0.25) is 0 Å². The normalized spacial score (nSPS) is 11.7. The lowest BCUT2D eigenvalue weighted by Crippen LogP contribution is -1.98. The minimum Gasteiger partial charge on any atom is -0.250 e. The van der Waals surface area contributed by atoms with Crippen LogP contribution in [-0.2, 0) is 0 Å². The van der Waals surface area contributed by atoms with Crippen LogP contribution < -0.4 is 4.18 Å². The fraction of sp³-hybridized carbons (Fsp3) is 0.333. The van der Waals surface area contributed by atoms with Gasteiger partial charge in [0.25, 0.3) is 10.9 Å². The van der Waals surface area contributed by atoms with Crippen LogP contribution in [0.5, 0.6) is 0 Å². The van der Waals surface area contributed by atoms with Crippen molar-refractivity contribution in [2.24, 2.45) is 0 Å². The molecule has 0 radical (unpaired) electrons. The third kappa shape index (κ3) is 1.95. The van der Waals surface area contributed by atoms with E-state index in [4.69, 9.17) is 27.6 Å². The molecule has 7 heteroatoms. The van der Waals surface area contributed by atoms with E-state index in [1.54, 1.807) is 12.5 Å². The maximum atomic E-state index is 5.60. The molecule has 0 saturated heterocycles. The van der Waals surface area contributed by atoms with Gasteiger partial charge in [-0.15, -0.1) is 4.18 Å². The minimum atomic E-state index is -0.524. The highest BCUT2D eigenvalue weighted by Gasteiger charge is 2.03. The summed E-state index contributed by atoms with van der Waals surface area (Å²) in [6.45, 7) is 0. The highest BCUT2D eigenvalue weighted by Crippen LogP contribution is 2.12. The maximum Gasteiger partial charge on any atom is 0.254 e. The molecule has 1 atom stereocenters. The second kappa shape index (κ2) is 3.34. The van der Waals surface area contributed by atoms with Crippen molar-refractivity contribution < 1.29 is 4.18 Å². The summed E-state index contributed by atoms with van der Waals surface area (Å²) in [4.78, 5) is 0. The predicted molar refractivity (Wildman–Crippen MR) is 42.0 cm³/mol. The number of nitrogens with one attached hydrogen (secondary N) is 2. The Labute approximate surface area is 70.4 Å². The van der Waals surface area contributed by atoms with Crippen molar-refractivity contribution in [3.8, 4) is 0 Å². The molecule has 1 unspecified atom stereocenters. The van der Waals surface area contributed by atoms with Gasteiger partial charge < -0.3 is 0 Å². The number of rotatable bonds is 1. The molecule has 10 heavy (non-hydrogen) atoms. The van der Waals surface area contributed by atoms with Crippen LogP contribution >= 0.6 is 34.3 Å². The van der Waals surface area contributed by atoms with Crippen LogP contribution in [0.1, 0.15) is 0 Å². The third-order valence-electron chi connectivity index (χ3n) is 0.765. The standard InChI is InChI=1S/C3H6Cl2N3OS/c1-9-10-2-3(4)6-8(5)7-10/h2,6-7H,1H3/q+1. The fourth-order valence-electron chi connectivity index (χ4n) is 0.428. The smallest absolute Gasteiger partial charge is 0.250 e. The minimum absolute atomic E-state index is 0.443. The molecule has 2 N–H and O–H groups in total. The molecule has 0 fully saturated rings. The van der Waals surface area contributed by atoms with Gasteiger partial charge in [0.1, 0.15) is 7.11 Å². The molecule has 0 aromatic carbocycles. The van der Waals surface area contributed by atoms with E-state index in [9.17, 15) is 0 Å². The summed E-state index contributed by atoms with van der Waals surface area (Å²) in [6.07, 6.45) is 0. The number of halogens is 2. The molecule has 0 saturated carbocycles. The molecule has 0 aliphatic carbocycles. The Hall–Kier alpha value is -0.100. The summed E-state index contributed by atoms with van der Waals surface area (Å²) in [7, 11) is 1.04. The van der Waals surface area contributed by atoms with Crippen LogP contribution in [0, 0.1) is 0 Å². The second-order valence-electron chi connectivity index (χ2n) is 1.41. The topological polar surface area (TPSA) is 45.7 Å². The first-order valence-electron chi connectivity index (χ1n) is 2.36. The van der Waals surface area contributed by atoms with Crippen molar-refractivity contribution in [3.05, 3.63) is 10.5 Å². The molecule has 58 valence electrons. The van der Waals surface area contributed by atoms with E-state index in [0.29, 0.717) is 5.15 Å². The quantitative estimate of drug-likeness (QED) is 0.670. The molecule has 0 bridgehead atoms. The zero-order chi connectivity index (χ0) is 7.56. The molecule has 1 heterocycles. The zero-order valence-electron chi connectivity index (χ0n) is 5.10. The van der Waals surface area contributed by atoms with Gasteiger partial charge in [0.05, 0.1) is 11.8 Å². The van der Waals surface area contributed by atoms with Gasteiger partial charge in [-0.25, -0.2) is 5.10 Å². The van der Waals surface area contributed by atoms with Crippen LogP contribution in [0.15, 0.2) is 5.38 Å². The second-order valence-corrected chi connectivity index (χ2v) is 3.51. The maximum absolute atomic E-state index is 5.60. The van der Waals surface area contributed by atoms with E-state index in [0.717, 1.165) is 4.32 Å². The molecule has 0 aliphatic rings. The highest BCUT2D eigenvalue weighted by atomic mass is 35.5. The van der Waals surface area contributed by atoms with Gasteiger partial charge in [-0.05, 0) is 0 Å². The van der Waals surface area contributed by atoms with E-state index in [-0.39, 0.29) is 0 Å². The van der Waals surface area contributed by atoms with Crippen LogP contribution in [0.4, 0.5) is 0 Å². The number of H-pyrrole nitrogens is 2. The Balaban J connectivity index is 3.06. The van der Waals surface area contributed by atoms with Gasteiger partial charge in [-0.1, -0.05) is 20.4 Å². The Bertz CT molecular complexity index is 225. The monoisotopic (exact) mass is 202 g/mol. The van der Waals surface area contributed by atoms with Crippen molar-refractivity contribution in [3.63, 3.8) is 0 Å². The van der Waals surface area contributed by atoms with Crippen molar-refractivity contribution in [1.82, 2.24) is 13.9 Å². The first kappa shape index (κ1) is 8.00. The lowest BCUT2D eigenvalue weighted by molar-refractivity contribution is 0.537. The van der Waals surface area contributed by atoms with E-state index in [1.165, 1.54) is 0 Å². The van der Waals surface area contributed by atoms with Crippen molar-refractivity contribution in [1.29, 1.82) is 0 Å². The summed E-state index contributed by atoms with van der Waals surface area (Å²) >= 11 is 11.1. The summed E-state index contributed by atoms with van der Waals surface area (Å²) in [5.74, 6) is 0. The Morgan fingerprint density at radius 3 is 3.00 bits per heavy atom. The number of hydrogen-bond donors (Lipinski definition) is 2. The Kier molecular flexibility index (Phi) is 2.67. The van der Waals surface area contributed by atoms with Crippen molar-refractivity contribution in [2.75, 3.05) is 7.11 Å². The zero-order valence-corrected chi connectivity index (χ0v) is 7.43. The molecule has 0 amide bonds. The largest absolute Gasteiger partial charge is 0.254 e. The molecule has 1 aromatic heterocycles. The predicted octanol–water partition coefficient (Wildman–Crippen LogP) is 1.73. The van der Waals surface area contributed by atoms with Crippen LogP contribution in [0.3, 0.4) is 0 Å². The molecular weight excluding hydrogens is 197 g/mol. The Morgan fingerprint density at radius 1 is 1.80 bits per heavy atom. The van der Waals surface area contributed by atoms with Crippen LogP contribution in [-0.4, -0.2) is 21.0 Å². The summed E-state index contributed by atoms with van der Waals surface area (Å²) in [5.41, 5.74) is 0. The summed E-state index contributed by atoms with van der Waals surface area (Å²) in [6, 6.07) is 0. The van der Waals surface area contributed by atoms with Crippen LogP contribution in [0.2, 0.25) is 5.15 Å². The summed E-state index contributed by atoms with van der Waals surface area (Å²) < 4.78 is 8.77. The number of aromatic amines is 2. The average molecular weight is 203 g/mol. The molecule has 4 nitrogen and oxygen atoms in total. The van der Waals surface area contributed by atoms with E-state index in [1.807, 2.05) is 0 Å². The van der Waals surface area contributed by atoms with Gasteiger partial charge >= 0.3 is 0 Å². The van der Waals surface area contributed by atoms with Crippen LogP contribution in [0.25, 0.3) is 0 Å². The molecule has 1 rings (SSSR count). The van der Waals surface area contributed by atoms with Gasteiger partial charge in [0.15, 0.2) is 5.15 Å². The first-order valence-corrected chi connectivity index (χ1v) is 4.29. The van der Waals surface area contributed by atoms with Gasteiger partial charge in [-0.2, -0.15) is 0 Å². The first-order chi connectivity index (χ1) is 4.72. The summed E-state index contributed by atoms with van der Waals surface area (Å²) in [5, 5.41) is 4.71. The molecule has 0 aliphatic heterocycles. The molecule has 0 spiro atoms. The number of aromatic nitrogens is 3. The average Bonchev–Trinajstić information content (AvgIpc) is 1.85. The van der Waals surface area contributed by atoms with Crippen molar-refractivity contribution in [2.45, 2.75) is 0 Å². The van der Waals surface area contributed by atoms with E-state index >= 15 is 0 Å².